The molecule has 0 bridgehead atoms. The van der Waals surface area contributed by atoms with Crippen LogP contribution in [0.15, 0.2) is 16.6 Å². The molecule has 2 aromatic rings. The summed E-state index contributed by atoms with van der Waals surface area (Å²) >= 11 is 3.42. The Kier molecular flexibility index (Phi) is 3.11. The molecule has 0 saturated carbocycles. The van der Waals surface area contributed by atoms with Gasteiger partial charge in [-0.25, -0.2) is 0 Å². The summed E-state index contributed by atoms with van der Waals surface area (Å²) in [5.74, 6) is 1.38. The fraction of sp³-hybridized carbons (Fsp3) is 0.250. The molecule has 0 spiro atoms. The van der Waals surface area contributed by atoms with E-state index >= 15 is 0 Å². The van der Waals surface area contributed by atoms with Crippen LogP contribution in [0.25, 0.3) is 11.3 Å². The van der Waals surface area contributed by atoms with Crippen LogP contribution in [-0.4, -0.2) is 17.3 Å². The zero-order valence-electron chi connectivity index (χ0n) is 9.97. The second-order valence-electron chi connectivity index (χ2n) is 3.94. The van der Waals surface area contributed by atoms with Crippen LogP contribution in [0.4, 0.5) is 5.82 Å². The number of nitrogens with one attached hydrogen (secondary N) is 1. The highest BCUT2D eigenvalue weighted by Crippen LogP contribution is 2.34. The van der Waals surface area contributed by atoms with E-state index < -0.39 is 0 Å². The number of nitrogen functional groups attached to an aromatic ring is 1. The highest BCUT2D eigenvalue weighted by Gasteiger charge is 2.12. The van der Waals surface area contributed by atoms with Gasteiger partial charge in [0.25, 0.3) is 0 Å². The Morgan fingerprint density at radius 1 is 1.29 bits per heavy atom. The monoisotopic (exact) mass is 295 g/mol. The molecule has 0 atom stereocenters. The standard InChI is InChI=1S/C12H14BrN3O/c1-6-4-8(5-7(2)11(6)17-3)10-9(13)12(14)16-15-10/h4-5H,1-3H3,(H3,14,15,16). The largest absolute Gasteiger partial charge is 0.496 e. The van der Waals surface area contributed by atoms with Gasteiger partial charge in [-0.2, -0.15) is 5.10 Å². The second-order valence-corrected chi connectivity index (χ2v) is 4.73. The van der Waals surface area contributed by atoms with E-state index in [1.807, 2.05) is 26.0 Å². The van der Waals surface area contributed by atoms with Gasteiger partial charge >= 0.3 is 0 Å². The molecule has 5 heteroatoms. The van der Waals surface area contributed by atoms with Crippen molar-refractivity contribution >= 4 is 21.7 Å². The van der Waals surface area contributed by atoms with Crippen molar-refractivity contribution in [1.82, 2.24) is 10.2 Å². The molecule has 0 unspecified atom stereocenters. The van der Waals surface area contributed by atoms with Crippen LogP contribution in [-0.2, 0) is 0 Å². The van der Waals surface area contributed by atoms with Gasteiger partial charge in [0.15, 0.2) is 5.82 Å². The lowest BCUT2D eigenvalue weighted by Gasteiger charge is -2.10. The molecular weight excluding hydrogens is 282 g/mol. The van der Waals surface area contributed by atoms with E-state index in [1.165, 1.54) is 0 Å². The normalized spacial score (nSPS) is 10.6. The van der Waals surface area contributed by atoms with E-state index in [2.05, 4.69) is 26.1 Å². The van der Waals surface area contributed by atoms with Gasteiger partial charge in [-0.1, -0.05) is 0 Å². The van der Waals surface area contributed by atoms with E-state index in [1.54, 1.807) is 7.11 Å². The topological polar surface area (TPSA) is 63.9 Å². The minimum atomic E-state index is 0.464. The zero-order valence-corrected chi connectivity index (χ0v) is 11.6. The Bertz CT molecular complexity index is 540. The predicted molar refractivity (Wildman–Crippen MR) is 72.2 cm³/mol. The van der Waals surface area contributed by atoms with E-state index in [4.69, 9.17) is 10.5 Å². The third-order valence-corrected chi connectivity index (χ3v) is 3.49. The number of aromatic amines is 1. The van der Waals surface area contributed by atoms with Gasteiger partial charge in [-0.15, -0.1) is 0 Å². The number of methoxy groups -OCH3 is 1. The first-order valence-corrected chi connectivity index (χ1v) is 5.98. The van der Waals surface area contributed by atoms with E-state index in [9.17, 15) is 0 Å². The van der Waals surface area contributed by atoms with Gasteiger partial charge in [0, 0.05) is 5.56 Å². The Balaban J connectivity index is 2.58. The molecule has 90 valence electrons. The minimum absolute atomic E-state index is 0.464. The maximum atomic E-state index is 5.70. The number of aromatic nitrogens is 2. The summed E-state index contributed by atoms with van der Waals surface area (Å²) in [6.45, 7) is 4.03. The summed E-state index contributed by atoms with van der Waals surface area (Å²) in [5, 5.41) is 6.89. The molecule has 0 aliphatic heterocycles. The summed E-state index contributed by atoms with van der Waals surface area (Å²) in [6, 6.07) is 4.09. The summed E-state index contributed by atoms with van der Waals surface area (Å²) in [4.78, 5) is 0. The Morgan fingerprint density at radius 3 is 2.29 bits per heavy atom. The van der Waals surface area contributed by atoms with Crippen LogP contribution in [0.3, 0.4) is 0 Å². The average molecular weight is 296 g/mol. The van der Waals surface area contributed by atoms with Gasteiger partial charge < -0.3 is 10.5 Å². The Morgan fingerprint density at radius 2 is 1.88 bits per heavy atom. The third-order valence-electron chi connectivity index (χ3n) is 2.69. The van der Waals surface area contributed by atoms with Crippen molar-refractivity contribution < 1.29 is 4.74 Å². The van der Waals surface area contributed by atoms with Crippen LogP contribution in [0, 0.1) is 13.8 Å². The van der Waals surface area contributed by atoms with Crippen LogP contribution >= 0.6 is 15.9 Å². The predicted octanol–water partition coefficient (Wildman–Crippen LogP) is 3.05. The number of ether oxygens (including phenoxy) is 1. The first-order chi connectivity index (χ1) is 8.04. The molecule has 0 aliphatic rings. The number of rotatable bonds is 2. The number of anilines is 1. The molecule has 17 heavy (non-hydrogen) atoms. The van der Waals surface area contributed by atoms with Crippen molar-refractivity contribution in [1.29, 1.82) is 0 Å². The van der Waals surface area contributed by atoms with Gasteiger partial charge in [-0.05, 0) is 53.0 Å². The van der Waals surface area contributed by atoms with Crippen LogP contribution in [0.1, 0.15) is 11.1 Å². The maximum absolute atomic E-state index is 5.70. The number of hydrogen-bond acceptors (Lipinski definition) is 3. The summed E-state index contributed by atoms with van der Waals surface area (Å²) in [6.07, 6.45) is 0. The van der Waals surface area contributed by atoms with Gasteiger partial charge in [0.2, 0.25) is 0 Å². The van der Waals surface area contributed by atoms with E-state index in [-0.39, 0.29) is 0 Å². The van der Waals surface area contributed by atoms with Gasteiger partial charge in [0.1, 0.15) is 5.75 Å². The Labute approximate surface area is 108 Å². The van der Waals surface area contributed by atoms with E-state index in [0.717, 1.165) is 32.6 Å². The number of nitrogens with two attached hydrogens (primary N) is 1. The number of halogens is 1. The molecule has 1 heterocycles. The Hall–Kier alpha value is -1.49. The van der Waals surface area contributed by atoms with Crippen molar-refractivity contribution in [2.45, 2.75) is 13.8 Å². The minimum Gasteiger partial charge on any atom is -0.496 e. The van der Waals surface area contributed by atoms with Crippen molar-refractivity contribution in [3.8, 4) is 17.0 Å². The van der Waals surface area contributed by atoms with Crippen LogP contribution < -0.4 is 10.5 Å². The molecule has 0 radical (unpaired) electrons. The van der Waals surface area contributed by atoms with Crippen LogP contribution in [0.2, 0.25) is 0 Å². The highest BCUT2D eigenvalue weighted by molar-refractivity contribution is 9.10. The molecule has 1 aromatic heterocycles. The zero-order chi connectivity index (χ0) is 12.6. The maximum Gasteiger partial charge on any atom is 0.160 e. The van der Waals surface area contributed by atoms with Gasteiger partial charge in [0.05, 0.1) is 17.3 Å². The van der Waals surface area contributed by atoms with E-state index in [0.29, 0.717) is 5.82 Å². The summed E-state index contributed by atoms with van der Waals surface area (Å²) < 4.78 is 6.13. The second kappa shape index (κ2) is 4.41. The number of nitrogens with zero attached hydrogens (tertiary/aromatic N) is 1. The average Bonchev–Trinajstić information content (AvgIpc) is 2.59. The quantitative estimate of drug-likeness (QED) is 0.895. The first kappa shape index (κ1) is 12.0. The molecule has 0 amide bonds. The SMILES string of the molecule is COc1c(C)cc(-c2[nH]nc(N)c2Br)cc1C. The van der Waals surface area contributed by atoms with Crippen molar-refractivity contribution in [2.24, 2.45) is 0 Å². The molecule has 0 saturated heterocycles. The molecule has 0 fully saturated rings. The third kappa shape index (κ3) is 2.02. The molecular formula is C12H14BrN3O. The molecule has 0 aliphatic carbocycles. The van der Waals surface area contributed by atoms with Crippen molar-refractivity contribution in [2.75, 3.05) is 12.8 Å². The molecule has 1 aromatic carbocycles. The molecule has 3 N–H and O–H groups in total. The summed E-state index contributed by atoms with van der Waals surface area (Å²) in [5.41, 5.74) is 9.79. The fourth-order valence-corrected chi connectivity index (χ4v) is 2.36. The number of H-pyrrole nitrogens is 1. The number of benzene rings is 1. The van der Waals surface area contributed by atoms with Gasteiger partial charge in [-0.3, -0.25) is 5.10 Å². The summed E-state index contributed by atoms with van der Waals surface area (Å²) in [7, 11) is 1.68. The first-order valence-electron chi connectivity index (χ1n) is 5.19. The van der Waals surface area contributed by atoms with Crippen molar-refractivity contribution in [3.05, 3.63) is 27.7 Å². The lowest BCUT2D eigenvalue weighted by atomic mass is 10.0. The lowest BCUT2D eigenvalue weighted by molar-refractivity contribution is 0.408. The van der Waals surface area contributed by atoms with Crippen molar-refractivity contribution in [3.63, 3.8) is 0 Å². The lowest BCUT2D eigenvalue weighted by Crippen LogP contribution is -1.92. The highest BCUT2D eigenvalue weighted by atomic mass is 79.9. The van der Waals surface area contributed by atoms with Crippen LogP contribution in [0.5, 0.6) is 5.75 Å². The fourth-order valence-electron chi connectivity index (χ4n) is 1.95. The number of aryl methyl sites for hydroxylation is 2. The molecule has 2 rings (SSSR count). The number of hydrogen-bond donors (Lipinski definition) is 2. The molecule has 4 nitrogen and oxygen atoms in total. The smallest absolute Gasteiger partial charge is 0.160 e.